The maximum absolute atomic E-state index is 10.0. The molecule has 1 atom stereocenters. The zero-order valence-electron chi connectivity index (χ0n) is 8.34. The minimum absolute atomic E-state index is 0.607. The minimum Gasteiger partial charge on any atom is -0.373 e. The molecule has 1 saturated heterocycles. The van der Waals surface area contributed by atoms with E-state index >= 15 is 0 Å². The molecule has 0 spiro atoms. The molecule has 76 valence electrons. The van der Waals surface area contributed by atoms with Gasteiger partial charge in [-0.15, -0.1) is 0 Å². The highest BCUT2D eigenvalue weighted by atomic mass is 16.6. The first-order chi connectivity index (χ1) is 6.43. The quantitative estimate of drug-likeness (QED) is 0.313. The molecule has 1 heterocycles. The largest absolute Gasteiger partial charge is 0.373 e. The molecule has 1 unspecified atom stereocenters. The lowest BCUT2D eigenvalue weighted by Crippen LogP contribution is -1.86. The molecule has 2 nitrogen and oxygen atoms in total. The van der Waals surface area contributed by atoms with Gasteiger partial charge in [0.05, 0.1) is 12.7 Å². The van der Waals surface area contributed by atoms with E-state index in [-0.39, 0.29) is 0 Å². The van der Waals surface area contributed by atoms with Gasteiger partial charge < -0.3 is 9.53 Å². The van der Waals surface area contributed by atoms with Crippen LogP contribution in [0.15, 0.2) is 0 Å². The maximum Gasteiger partial charge on any atom is 0.119 e. The fourth-order valence-electron chi connectivity index (χ4n) is 1.54. The fourth-order valence-corrected chi connectivity index (χ4v) is 1.54. The van der Waals surface area contributed by atoms with E-state index in [0.717, 1.165) is 25.7 Å². The molecule has 0 aromatic carbocycles. The van der Waals surface area contributed by atoms with E-state index in [0.29, 0.717) is 6.10 Å². The van der Waals surface area contributed by atoms with Gasteiger partial charge >= 0.3 is 0 Å². The van der Waals surface area contributed by atoms with Crippen molar-refractivity contribution in [1.29, 1.82) is 0 Å². The molecule has 0 aromatic heterocycles. The molecule has 0 aliphatic carbocycles. The van der Waals surface area contributed by atoms with Crippen molar-refractivity contribution in [3.8, 4) is 0 Å². The summed E-state index contributed by atoms with van der Waals surface area (Å²) in [7, 11) is 0. The van der Waals surface area contributed by atoms with E-state index in [4.69, 9.17) is 4.74 Å². The predicted octanol–water partition coefficient (Wildman–Crippen LogP) is 2.70. The average molecular weight is 184 g/mol. The van der Waals surface area contributed by atoms with Crippen LogP contribution in [0.1, 0.15) is 51.4 Å². The van der Waals surface area contributed by atoms with E-state index in [1.165, 1.54) is 38.5 Å². The summed E-state index contributed by atoms with van der Waals surface area (Å²) in [6.07, 6.45) is 11.2. The molecule has 1 rings (SSSR count). The lowest BCUT2D eigenvalue weighted by molar-refractivity contribution is -0.107. The van der Waals surface area contributed by atoms with Crippen molar-refractivity contribution in [3.63, 3.8) is 0 Å². The summed E-state index contributed by atoms with van der Waals surface area (Å²) in [5.41, 5.74) is 0. The molecule has 13 heavy (non-hydrogen) atoms. The van der Waals surface area contributed by atoms with Crippen LogP contribution in [0.4, 0.5) is 0 Å². The van der Waals surface area contributed by atoms with Crippen LogP contribution in [0.2, 0.25) is 0 Å². The number of rotatable bonds is 9. The van der Waals surface area contributed by atoms with E-state index in [1.54, 1.807) is 0 Å². The van der Waals surface area contributed by atoms with E-state index in [2.05, 4.69) is 0 Å². The molecular formula is C11H20O2. The van der Waals surface area contributed by atoms with Crippen LogP contribution >= 0.6 is 0 Å². The Bertz CT molecular complexity index is 130. The Labute approximate surface area is 80.7 Å². The third kappa shape index (κ3) is 6.76. The lowest BCUT2D eigenvalue weighted by Gasteiger charge is -1.98. The Hall–Kier alpha value is -0.370. The van der Waals surface area contributed by atoms with Gasteiger partial charge in [-0.05, 0) is 12.8 Å². The summed E-state index contributed by atoms with van der Waals surface area (Å²) in [5, 5.41) is 0. The average Bonchev–Trinajstić information content (AvgIpc) is 2.93. The first kappa shape index (κ1) is 10.7. The van der Waals surface area contributed by atoms with Crippen LogP contribution in [-0.2, 0) is 9.53 Å². The Morgan fingerprint density at radius 2 is 1.69 bits per heavy atom. The van der Waals surface area contributed by atoms with Gasteiger partial charge in [-0.3, -0.25) is 0 Å². The van der Waals surface area contributed by atoms with Crippen molar-refractivity contribution >= 4 is 6.29 Å². The molecule has 2 heteroatoms. The molecule has 1 aliphatic heterocycles. The first-order valence-corrected chi connectivity index (χ1v) is 5.48. The molecule has 1 fully saturated rings. The number of carbonyl (C=O) groups is 1. The summed E-state index contributed by atoms with van der Waals surface area (Å²) >= 11 is 0. The van der Waals surface area contributed by atoms with Gasteiger partial charge in [0.1, 0.15) is 6.29 Å². The molecule has 0 N–H and O–H groups in total. The van der Waals surface area contributed by atoms with Gasteiger partial charge in [-0.25, -0.2) is 0 Å². The molecular weight excluding hydrogens is 164 g/mol. The topological polar surface area (TPSA) is 29.6 Å². The monoisotopic (exact) mass is 184 g/mol. The van der Waals surface area contributed by atoms with E-state index < -0.39 is 0 Å². The van der Waals surface area contributed by atoms with Gasteiger partial charge in [0.15, 0.2) is 0 Å². The normalized spacial score (nSPS) is 20.2. The summed E-state index contributed by atoms with van der Waals surface area (Å²) in [5.74, 6) is 0. The zero-order chi connectivity index (χ0) is 9.36. The zero-order valence-corrected chi connectivity index (χ0v) is 8.34. The highest BCUT2D eigenvalue weighted by Gasteiger charge is 2.20. The molecule has 0 saturated carbocycles. The van der Waals surface area contributed by atoms with Crippen LogP contribution in [-0.4, -0.2) is 19.0 Å². The van der Waals surface area contributed by atoms with Crippen molar-refractivity contribution in [2.24, 2.45) is 0 Å². The molecule has 0 radical (unpaired) electrons. The Morgan fingerprint density at radius 3 is 2.31 bits per heavy atom. The second-order valence-corrected chi connectivity index (χ2v) is 3.82. The number of hydrogen-bond donors (Lipinski definition) is 0. The molecule has 0 aromatic rings. The van der Waals surface area contributed by atoms with Crippen LogP contribution in [0.3, 0.4) is 0 Å². The van der Waals surface area contributed by atoms with Gasteiger partial charge in [0, 0.05) is 6.42 Å². The maximum atomic E-state index is 10.0. The number of hydrogen-bond acceptors (Lipinski definition) is 2. The second-order valence-electron chi connectivity index (χ2n) is 3.82. The highest BCUT2D eigenvalue weighted by molar-refractivity contribution is 5.48. The number of carbonyl (C=O) groups excluding carboxylic acids is 1. The van der Waals surface area contributed by atoms with Gasteiger partial charge in [0.2, 0.25) is 0 Å². The Morgan fingerprint density at radius 1 is 1.08 bits per heavy atom. The smallest absolute Gasteiger partial charge is 0.119 e. The van der Waals surface area contributed by atoms with Crippen LogP contribution < -0.4 is 0 Å². The van der Waals surface area contributed by atoms with Gasteiger partial charge in [-0.1, -0.05) is 32.1 Å². The fraction of sp³-hybridized carbons (Fsp3) is 0.909. The van der Waals surface area contributed by atoms with Gasteiger partial charge in [0.25, 0.3) is 0 Å². The van der Waals surface area contributed by atoms with Crippen molar-refractivity contribution in [3.05, 3.63) is 0 Å². The van der Waals surface area contributed by atoms with Crippen molar-refractivity contribution in [2.45, 2.75) is 57.5 Å². The Kier molecular flexibility index (Phi) is 5.83. The third-order valence-electron chi connectivity index (χ3n) is 2.50. The summed E-state index contributed by atoms with van der Waals surface area (Å²) in [6.45, 7) is 0.999. The lowest BCUT2D eigenvalue weighted by atomic mass is 10.1. The summed E-state index contributed by atoms with van der Waals surface area (Å²) in [6, 6.07) is 0. The van der Waals surface area contributed by atoms with Crippen LogP contribution in [0, 0.1) is 0 Å². The van der Waals surface area contributed by atoms with E-state index in [1.807, 2.05) is 0 Å². The van der Waals surface area contributed by atoms with Crippen LogP contribution in [0.25, 0.3) is 0 Å². The SMILES string of the molecule is O=CCCCCCCCCC1CO1. The van der Waals surface area contributed by atoms with E-state index in [9.17, 15) is 4.79 Å². The number of aldehydes is 1. The number of epoxide rings is 1. The molecule has 0 bridgehead atoms. The highest BCUT2D eigenvalue weighted by Crippen LogP contribution is 2.17. The molecule has 0 amide bonds. The molecule has 1 aliphatic rings. The summed E-state index contributed by atoms with van der Waals surface area (Å²) < 4.78 is 5.13. The van der Waals surface area contributed by atoms with Crippen molar-refractivity contribution in [1.82, 2.24) is 0 Å². The van der Waals surface area contributed by atoms with Crippen LogP contribution in [0.5, 0.6) is 0 Å². The van der Waals surface area contributed by atoms with Crippen molar-refractivity contribution < 1.29 is 9.53 Å². The van der Waals surface area contributed by atoms with Gasteiger partial charge in [-0.2, -0.15) is 0 Å². The van der Waals surface area contributed by atoms with Crippen molar-refractivity contribution in [2.75, 3.05) is 6.61 Å². The number of ether oxygens (including phenoxy) is 1. The Balaban J connectivity index is 1.65. The second kappa shape index (κ2) is 7.07. The minimum atomic E-state index is 0.607. The number of unbranched alkanes of at least 4 members (excludes halogenated alkanes) is 6. The first-order valence-electron chi connectivity index (χ1n) is 5.48. The predicted molar refractivity (Wildman–Crippen MR) is 52.7 cm³/mol. The standard InChI is InChI=1S/C11H20O2/c12-9-7-5-3-1-2-4-6-8-11-10-13-11/h9,11H,1-8,10H2. The third-order valence-corrected chi connectivity index (χ3v) is 2.50. The summed E-state index contributed by atoms with van der Waals surface area (Å²) in [4.78, 5) is 10.0.